The van der Waals surface area contributed by atoms with Crippen molar-refractivity contribution in [2.45, 2.75) is 19.4 Å². The lowest BCUT2D eigenvalue weighted by atomic mass is 10.0. The average Bonchev–Trinajstić information content (AvgIpc) is 3.29. The zero-order chi connectivity index (χ0) is 18.7. The van der Waals surface area contributed by atoms with E-state index in [1.54, 1.807) is 17.0 Å². The number of carbonyl (C=O) groups is 1. The number of hydrogen-bond donors (Lipinski definition) is 1. The second-order valence-corrected chi connectivity index (χ2v) is 7.15. The zero-order valence-corrected chi connectivity index (χ0v) is 15.4. The summed E-state index contributed by atoms with van der Waals surface area (Å²) >= 11 is 1.39. The van der Waals surface area contributed by atoms with E-state index in [0.717, 1.165) is 21.7 Å². The third-order valence-electron chi connectivity index (χ3n) is 4.49. The number of likely N-dealkylation sites (tertiary alicyclic amines) is 1. The number of oxime groups is 1. The lowest BCUT2D eigenvalue weighted by Crippen LogP contribution is -2.37. The van der Waals surface area contributed by atoms with Gasteiger partial charge in [0.15, 0.2) is 0 Å². The minimum absolute atomic E-state index is 0.115. The number of aliphatic hydroxyl groups is 1. The van der Waals surface area contributed by atoms with Crippen LogP contribution in [0.1, 0.15) is 27.2 Å². The summed E-state index contributed by atoms with van der Waals surface area (Å²) in [6.45, 7) is 2.15. The van der Waals surface area contributed by atoms with Gasteiger partial charge in [-0.15, -0.1) is 11.3 Å². The standard InChI is InChI=1S/C19H19N3O3S/c1-12-13(9-20)4-3-5-16(12)17-6-7-18(26-17)19(24)22-10-14(21-25-2)8-15(22)11-23/h3-7,15,23H,8,10-11H2,1-2H3/b21-14-/t15-/m0/s1. The fourth-order valence-corrected chi connectivity index (χ4v) is 4.18. The summed E-state index contributed by atoms with van der Waals surface area (Å²) in [5.41, 5.74) is 3.23. The highest BCUT2D eigenvalue weighted by Gasteiger charge is 2.34. The summed E-state index contributed by atoms with van der Waals surface area (Å²) < 4.78 is 0. The maximum Gasteiger partial charge on any atom is 0.264 e. The van der Waals surface area contributed by atoms with E-state index in [2.05, 4.69) is 11.2 Å². The van der Waals surface area contributed by atoms with Crippen LogP contribution in [0.15, 0.2) is 35.5 Å². The average molecular weight is 369 g/mol. The largest absolute Gasteiger partial charge is 0.399 e. The molecule has 0 spiro atoms. The molecule has 7 heteroatoms. The zero-order valence-electron chi connectivity index (χ0n) is 14.6. The van der Waals surface area contributed by atoms with Gasteiger partial charge in [-0.25, -0.2) is 0 Å². The fourth-order valence-electron chi connectivity index (χ4n) is 3.13. The SMILES string of the molecule is CO/N=C1/C[C@@H](CO)N(C(=O)c2ccc(-c3cccc(C#N)c3C)s2)C1. The first-order valence-corrected chi connectivity index (χ1v) is 9.01. The normalized spacial score (nSPS) is 18.2. The fraction of sp³-hybridized carbons (Fsp3) is 0.316. The highest BCUT2D eigenvalue weighted by molar-refractivity contribution is 7.17. The van der Waals surface area contributed by atoms with Gasteiger partial charge in [0.1, 0.15) is 7.11 Å². The molecule has 1 aromatic carbocycles. The molecule has 1 aliphatic heterocycles. The van der Waals surface area contributed by atoms with Crippen molar-refractivity contribution < 1.29 is 14.7 Å². The van der Waals surface area contributed by atoms with Crippen molar-refractivity contribution in [3.8, 4) is 16.5 Å². The molecule has 134 valence electrons. The molecule has 0 aliphatic carbocycles. The van der Waals surface area contributed by atoms with Gasteiger partial charge in [0.05, 0.1) is 41.4 Å². The number of nitrogens with zero attached hydrogens (tertiary/aromatic N) is 3. The van der Waals surface area contributed by atoms with Crippen LogP contribution in [0.25, 0.3) is 10.4 Å². The van der Waals surface area contributed by atoms with Crippen LogP contribution in [-0.2, 0) is 4.84 Å². The molecule has 6 nitrogen and oxygen atoms in total. The van der Waals surface area contributed by atoms with Gasteiger partial charge in [0.2, 0.25) is 0 Å². The number of amides is 1. The summed E-state index contributed by atoms with van der Waals surface area (Å²) in [6.07, 6.45) is 0.512. The molecule has 1 fully saturated rings. The monoisotopic (exact) mass is 369 g/mol. The molecule has 0 radical (unpaired) electrons. The van der Waals surface area contributed by atoms with Gasteiger partial charge >= 0.3 is 0 Å². The summed E-state index contributed by atoms with van der Waals surface area (Å²) in [5, 5.41) is 22.7. The predicted molar refractivity (Wildman–Crippen MR) is 100 cm³/mol. The van der Waals surface area contributed by atoms with E-state index in [4.69, 9.17) is 4.84 Å². The number of benzene rings is 1. The van der Waals surface area contributed by atoms with Crippen LogP contribution in [0.3, 0.4) is 0 Å². The molecule has 26 heavy (non-hydrogen) atoms. The maximum absolute atomic E-state index is 12.9. The Bertz CT molecular complexity index is 898. The second-order valence-electron chi connectivity index (χ2n) is 6.07. The molecule has 1 aromatic heterocycles. The quantitative estimate of drug-likeness (QED) is 0.840. The van der Waals surface area contributed by atoms with Crippen LogP contribution in [-0.4, -0.2) is 47.9 Å². The van der Waals surface area contributed by atoms with Gasteiger partial charge in [-0.2, -0.15) is 5.26 Å². The van der Waals surface area contributed by atoms with Crippen LogP contribution >= 0.6 is 11.3 Å². The lowest BCUT2D eigenvalue weighted by Gasteiger charge is -2.21. The third kappa shape index (κ3) is 3.34. The second kappa shape index (κ2) is 7.68. The molecule has 1 amide bonds. The van der Waals surface area contributed by atoms with Crippen molar-refractivity contribution in [1.82, 2.24) is 4.90 Å². The van der Waals surface area contributed by atoms with Crippen molar-refractivity contribution in [2.75, 3.05) is 20.3 Å². The molecule has 1 atom stereocenters. The van der Waals surface area contributed by atoms with Crippen LogP contribution < -0.4 is 0 Å². The van der Waals surface area contributed by atoms with E-state index >= 15 is 0 Å². The number of rotatable bonds is 4. The summed E-state index contributed by atoms with van der Waals surface area (Å²) in [5.74, 6) is -0.129. The van der Waals surface area contributed by atoms with E-state index in [0.29, 0.717) is 23.4 Å². The Morgan fingerprint density at radius 3 is 2.96 bits per heavy atom. The van der Waals surface area contributed by atoms with Gasteiger partial charge in [-0.3, -0.25) is 4.79 Å². The van der Waals surface area contributed by atoms with Crippen LogP contribution in [0.5, 0.6) is 0 Å². The Morgan fingerprint density at radius 1 is 1.46 bits per heavy atom. The van der Waals surface area contributed by atoms with E-state index in [9.17, 15) is 15.2 Å². The number of aliphatic hydroxyl groups excluding tert-OH is 1. The molecular weight excluding hydrogens is 350 g/mol. The van der Waals surface area contributed by atoms with Gasteiger partial charge in [-0.05, 0) is 36.2 Å². The molecule has 0 bridgehead atoms. The number of thiophene rings is 1. The Kier molecular flexibility index (Phi) is 5.35. The molecular formula is C19H19N3O3S. The smallest absolute Gasteiger partial charge is 0.264 e. The highest BCUT2D eigenvalue weighted by atomic mass is 32.1. The third-order valence-corrected chi connectivity index (χ3v) is 5.60. The molecule has 1 aliphatic rings. The summed E-state index contributed by atoms with van der Waals surface area (Å²) in [7, 11) is 1.47. The van der Waals surface area contributed by atoms with E-state index < -0.39 is 0 Å². The first kappa shape index (κ1) is 18.1. The van der Waals surface area contributed by atoms with Crippen molar-refractivity contribution in [3.05, 3.63) is 46.3 Å². The molecule has 2 aromatic rings. The van der Waals surface area contributed by atoms with E-state index in [1.807, 2.05) is 25.1 Å². The van der Waals surface area contributed by atoms with Gasteiger partial charge < -0.3 is 14.8 Å². The maximum atomic E-state index is 12.9. The van der Waals surface area contributed by atoms with E-state index in [-0.39, 0.29) is 18.6 Å². The van der Waals surface area contributed by atoms with Crippen molar-refractivity contribution in [3.63, 3.8) is 0 Å². The Morgan fingerprint density at radius 2 is 2.27 bits per heavy atom. The van der Waals surface area contributed by atoms with Gasteiger partial charge in [0.25, 0.3) is 5.91 Å². The summed E-state index contributed by atoms with van der Waals surface area (Å²) in [4.78, 5) is 20.9. The first-order valence-electron chi connectivity index (χ1n) is 8.19. The molecule has 3 rings (SSSR count). The molecule has 0 unspecified atom stereocenters. The Balaban J connectivity index is 1.87. The Labute approximate surface area is 155 Å². The minimum Gasteiger partial charge on any atom is -0.399 e. The van der Waals surface area contributed by atoms with Gasteiger partial charge in [-0.1, -0.05) is 17.3 Å². The summed E-state index contributed by atoms with van der Waals surface area (Å²) in [6, 6.07) is 11.2. The van der Waals surface area contributed by atoms with Crippen molar-refractivity contribution in [1.29, 1.82) is 5.26 Å². The molecule has 1 saturated heterocycles. The van der Waals surface area contributed by atoms with Crippen LogP contribution in [0.2, 0.25) is 0 Å². The highest BCUT2D eigenvalue weighted by Crippen LogP contribution is 2.33. The predicted octanol–water partition coefficient (Wildman–Crippen LogP) is 2.80. The molecule has 1 N–H and O–H groups in total. The van der Waals surface area contributed by atoms with E-state index in [1.165, 1.54) is 18.4 Å². The number of hydrogen-bond acceptors (Lipinski definition) is 6. The molecule has 2 heterocycles. The van der Waals surface area contributed by atoms with Crippen LogP contribution in [0, 0.1) is 18.3 Å². The number of carbonyl (C=O) groups excluding carboxylic acids is 1. The topological polar surface area (TPSA) is 85.9 Å². The number of nitriles is 1. The molecule has 0 saturated carbocycles. The van der Waals surface area contributed by atoms with Gasteiger partial charge in [0, 0.05) is 11.3 Å². The Hall–Kier alpha value is -2.69. The van der Waals surface area contributed by atoms with Crippen molar-refractivity contribution >= 4 is 23.0 Å². The minimum atomic E-state index is -0.286. The first-order chi connectivity index (χ1) is 12.6. The van der Waals surface area contributed by atoms with Crippen molar-refractivity contribution in [2.24, 2.45) is 5.16 Å². The van der Waals surface area contributed by atoms with Crippen LogP contribution in [0.4, 0.5) is 0 Å². The lowest BCUT2D eigenvalue weighted by molar-refractivity contribution is 0.0685.